The van der Waals surface area contributed by atoms with E-state index in [1.165, 1.54) is 0 Å². The van der Waals surface area contributed by atoms with E-state index in [0.717, 1.165) is 24.3 Å². The average Bonchev–Trinajstić information content (AvgIpc) is 3.03. The fraction of sp³-hybridized carbons (Fsp3) is 0.357. The Hall–Kier alpha value is -2.83. The van der Waals surface area contributed by atoms with Crippen LogP contribution in [0.2, 0.25) is 0 Å². The van der Waals surface area contributed by atoms with Gasteiger partial charge in [-0.1, -0.05) is 0 Å². The van der Waals surface area contributed by atoms with E-state index in [1.54, 1.807) is 6.92 Å². The van der Waals surface area contributed by atoms with Crippen molar-refractivity contribution < 1.29 is 45.3 Å². The molecule has 13 heteroatoms. The molecule has 0 bridgehead atoms. The molecule has 27 heavy (non-hydrogen) atoms. The Bertz CT molecular complexity index is 778. The highest BCUT2D eigenvalue weighted by Gasteiger charge is 2.50. The Balaban J connectivity index is 2.14. The van der Waals surface area contributed by atoms with E-state index in [2.05, 4.69) is 24.9 Å². The molecule has 0 aliphatic heterocycles. The van der Waals surface area contributed by atoms with Gasteiger partial charge >= 0.3 is 24.8 Å². The molecule has 1 aromatic carbocycles. The molecule has 0 amide bonds. The summed E-state index contributed by atoms with van der Waals surface area (Å²) in [7, 11) is 0. The smallest absolute Gasteiger partial charge is 0.461 e. The van der Waals surface area contributed by atoms with Crippen molar-refractivity contribution in [2.24, 2.45) is 0 Å². The van der Waals surface area contributed by atoms with Crippen molar-refractivity contribution in [1.82, 2.24) is 15.4 Å². The van der Waals surface area contributed by atoms with Gasteiger partial charge in [0, 0.05) is 5.56 Å². The number of carbonyl (C=O) groups is 1. The highest BCUT2D eigenvalue weighted by atomic mass is 19.4. The zero-order valence-electron chi connectivity index (χ0n) is 13.4. The minimum absolute atomic E-state index is 0.0375. The van der Waals surface area contributed by atoms with Crippen LogP contribution in [0, 0.1) is 0 Å². The van der Waals surface area contributed by atoms with Crippen molar-refractivity contribution in [3.05, 3.63) is 30.0 Å². The van der Waals surface area contributed by atoms with Crippen molar-refractivity contribution >= 4 is 5.97 Å². The van der Waals surface area contributed by atoms with Gasteiger partial charge in [0.1, 0.15) is 11.4 Å². The van der Waals surface area contributed by atoms with Crippen LogP contribution in [0.5, 0.6) is 5.75 Å². The van der Waals surface area contributed by atoms with Gasteiger partial charge in [0.2, 0.25) is 0 Å². The molecule has 0 aliphatic carbocycles. The fourth-order valence-electron chi connectivity index (χ4n) is 1.84. The first-order chi connectivity index (χ1) is 12.5. The van der Waals surface area contributed by atoms with Gasteiger partial charge in [0.05, 0.1) is 6.61 Å². The number of benzene rings is 1. The molecule has 7 nitrogen and oxygen atoms in total. The number of ether oxygens (including phenoxy) is 3. The maximum Gasteiger partial charge on any atom is 0.525 e. The number of alkyl halides is 6. The molecule has 1 unspecified atom stereocenters. The summed E-state index contributed by atoms with van der Waals surface area (Å²) in [5, 5.41) is 9.55. The van der Waals surface area contributed by atoms with Crippen LogP contribution >= 0.6 is 0 Å². The second kappa shape index (κ2) is 7.82. The molecule has 0 saturated heterocycles. The van der Waals surface area contributed by atoms with Crippen LogP contribution in [0.25, 0.3) is 11.3 Å². The molecule has 1 N–H and O–H groups in total. The zero-order chi connectivity index (χ0) is 20.2. The number of aromatic amines is 1. The Morgan fingerprint density at radius 2 is 1.78 bits per heavy atom. The Kier molecular flexibility index (Phi) is 5.93. The van der Waals surface area contributed by atoms with E-state index < -0.39 is 30.5 Å². The number of carbonyl (C=O) groups excluding carboxylic acids is 1. The van der Waals surface area contributed by atoms with Crippen molar-refractivity contribution in [2.75, 3.05) is 6.61 Å². The van der Waals surface area contributed by atoms with Gasteiger partial charge in [0.25, 0.3) is 0 Å². The molecule has 0 aliphatic rings. The van der Waals surface area contributed by atoms with E-state index in [9.17, 15) is 31.1 Å². The standard InChI is InChI=1S/C14H11F6N3O4/c1-2-25-11(24)10-9(21-23-22-10)7-3-5-8(6-4-7)26-13(16,17)12(15)27-14(18,19)20/h3-6,12H,2H2,1H3,(H,21,22,23). The monoisotopic (exact) mass is 399 g/mol. The Morgan fingerprint density at radius 1 is 1.15 bits per heavy atom. The summed E-state index contributed by atoms with van der Waals surface area (Å²) in [6.07, 6.45) is -14.6. The third-order valence-corrected chi connectivity index (χ3v) is 2.90. The van der Waals surface area contributed by atoms with Gasteiger partial charge in [0.15, 0.2) is 5.69 Å². The number of hydrogen-bond acceptors (Lipinski definition) is 6. The van der Waals surface area contributed by atoms with Crippen LogP contribution < -0.4 is 4.74 Å². The molecule has 1 heterocycles. The first-order valence-electron chi connectivity index (χ1n) is 7.17. The minimum atomic E-state index is -5.60. The van der Waals surface area contributed by atoms with Crippen LogP contribution in [-0.4, -0.2) is 46.8 Å². The lowest BCUT2D eigenvalue weighted by Gasteiger charge is -2.22. The molecule has 0 fully saturated rings. The van der Waals surface area contributed by atoms with E-state index in [1.807, 2.05) is 0 Å². The molecule has 0 radical (unpaired) electrons. The number of hydrogen-bond donors (Lipinski definition) is 1. The SMILES string of the molecule is CCOC(=O)c1n[nH]nc1-c1ccc(OC(F)(F)C(F)OC(F)(F)F)cc1. The Labute approximate surface area is 147 Å². The molecular formula is C14H11F6N3O4. The van der Waals surface area contributed by atoms with E-state index in [0.29, 0.717) is 0 Å². The van der Waals surface area contributed by atoms with Crippen molar-refractivity contribution in [2.45, 2.75) is 25.8 Å². The summed E-state index contributed by atoms with van der Waals surface area (Å²) in [6.45, 7) is 1.65. The fourth-order valence-corrected chi connectivity index (χ4v) is 1.84. The maximum atomic E-state index is 13.4. The number of nitrogens with one attached hydrogen (secondary N) is 1. The first-order valence-corrected chi connectivity index (χ1v) is 7.17. The molecule has 148 valence electrons. The summed E-state index contributed by atoms with van der Waals surface area (Å²) in [5.41, 5.74) is 0.0968. The molecule has 2 rings (SSSR count). The van der Waals surface area contributed by atoms with Crippen molar-refractivity contribution in [3.63, 3.8) is 0 Å². The topological polar surface area (TPSA) is 86.3 Å². The second-order valence-corrected chi connectivity index (χ2v) is 4.81. The number of rotatable bonds is 7. The number of H-pyrrole nitrogens is 1. The summed E-state index contributed by atoms with van der Waals surface area (Å²) in [6, 6.07) is 4.13. The average molecular weight is 399 g/mol. The molecule has 1 atom stereocenters. The maximum absolute atomic E-state index is 13.4. The summed E-state index contributed by atoms with van der Waals surface area (Å²) < 4.78 is 86.5. The van der Waals surface area contributed by atoms with E-state index in [4.69, 9.17) is 4.74 Å². The highest BCUT2D eigenvalue weighted by Crippen LogP contribution is 2.32. The van der Waals surface area contributed by atoms with Crippen LogP contribution in [0.4, 0.5) is 26.3 Å². The minimum Gasteiger partial charge on any atom is -0.461 e. The lowest BCUT2D eigenvalue weighted by molar-refractivity contribution is -0.411. The van der Waals surface area contributed by atoms with Crippen LogP contribution in [0.1, 0.15) is 17.4 Å². The van der Waals surface area contributed by atoms with E-state index in [-0.39, 0.29) is 23.6 Å². The van der Waals surface area contributed by atoms with Gasteiger partial charge in [-0.15, -0.1) is 18.3 Å². The largest absolute Gasteiger partial charge is 0.525 e. The zero-order valence-corrected chi connectivity index (χ0v) is 13.4. The normalized spacial score (nSPS) is 13.3. The quantitative estimate of drug-likeness (QED) is 0.567. The van der Waals surface area contributed by atoms with Crippen molar-refractivity contribution in [1.29, 1.82) is 0 Å². The van der Waals surface area contributed by atoms with E-state index >= 15 is 0 Å². The van der Waals surface area contributed by atoms with Gasteiger partial charge in [-0.3, -0.25) is 0 Å². The lowest BCUT2D eigenvalue weighted by atomic mass is 10.1. The van der Waals surface area contributed by atoms with Gasteiger partial charge < -0.3 is 9.47 Å². The lowest BCUT2D eigenvalue weighted by Crippen LogP contribution is -2.41. The van der Waals surface area contributed by atoms with Gasteiger partial charge in [-0.2, -0.15) is 19.1 Å². The van der Waals surface area contributed by atoms with Gasteiger partial charge in [-0.25, -0.2) is 13.9 Å². The van der Waals surface area contributed by atoms with Gasteiger partial charge in [-0.05, 0) is 31.2 Å². The van der Waals surface area contributed by atoms with Crippen LogP contribution in [0.15, 0.2) is 24.3 Å². The summed E-state index contributed by atoms with van der Waals surface area (Å²) in [4.78, 5) is 11.7. The molecule has 0 spiro atoms. The molecule has 1 aromatic heterocycles. The van der Waals surface area contributed by atoms with Crippen LogP contribution in [0.3, 0.4) is 0 Å². The predicted octanol–water partition coefficient (Wildman–Crippen LogP) is 3.45. The number of halogens is 6. The third-order valence-electron chi connectivity index (χ3n) is 2.90. The molecule has 2 aromatic rings. The summed E-state index contributed by atoms with van der Waals surface area (Å²) >= 11 is 0. The predicted molar refractivity (Wildman–Crippen MR) is 75.4 cm³/mol. The molecule has 0 saturated carbocycles. The number of aromatic nitrogens is 3. The highest BCUT2D eigenvalue weighted by molar-refractivity contribution is 5.93. The van der Waals surface area contributed by atoms with Crippen LogP contribution in [-0.2, 0) is 9.47 Å². The Morgan fingerprint density at radius 3 is 2.33 bits per heavy atom. The second-order valence-electron chi connectivity index (χ2n) is 4.81. The summed E-state index contributed by atoms with van der Waals surface area (Å²) in [5.74, 6) is -1.43. The first kappa shape index (κ1) is 20.5. The van der Waals surface area contributed by atoms with Crippen molar-refractivity contribution in [3.8, 4) is 17.0 Å². The third kappa shape index (κ3) is 5.32. The molecular weight excluding hydrogens is 388 g/mol. The number of esters is 1. The number of nitrogens with zero attached hydrogens (tertiary/aromatic N) is 2.